The van der Waals surface area contributed by atoms with Crippen molar-refractivity contribution >= 4 is 5.69 Å². The molecule has 0 fully saturated rings. The van der Waals surface area contributed by atoms with Crippen molar-refractivity contribution in [1.29, 1.82) is 5.26 Å². The zero-order valence-corrected chi connectivity index (χ0v) is 10.1. The number of hydrogen-bond donors (Lipinski definition) is 1. The molecule has 18 heavy (non-hydrogen) atoms. The van der Waals surface area contributed by atoms with Gasteiger partial charge >= 0.3 is 0 Å². The van der Waals surface area contributed by atoms with Crippen LogP contribution in [0.15, 0.2) is 22.6 Å². The van der Waals surface area contributed by atoms with Crippen LogP contribution in [0.1, 0.15) is 22.9 Å². The lowest BCUT2D eigenvalue weighted by molar-refractivity contribution is 0.478. The van der Waals surface area contributed by atoms with Crippen LogP contribution in [0.3, 0.4) is 0 Å². The predicted octanol–water partition coefficient (Wildman–Crippen LogP) is 2.91. The van der Waals surface area contributed by atoms with Crippen LogP contribution in [-0.2, 0) is 6.54 Å². The normalized spacial score (nSPS) is 10.1. The summed E-state index contributed by atoms with van der Waals surface area (Å²) in [5.74, 6) is 0.801. The number of oxazole rings is 1. The minimum Gasteiger partial charge on any atom is -0.444 e. The summed E-state index contributed by atoms with van der Waals surface area (Å²) in [5.41, 5.74) is 1.44. The van der Waals surface area contributed by atoms with E-state index in [1.807, 2.05) is 19.9 Å². The highest BCUT2D eigenvalue weighted by Gasteiger charge is 2.07. The summed E-state index contributed by atoms with van der Waals surface area (Å²) in [7, 11) is 0. The Balaban J connectivity index is 2.09. The van der Waals surface area contributed by atoms with Crippen LogP contribution in [0.5, 0.6) is 0 Å². The fourth-order valence-corrected chi connectivity index (χ4v) is 1.51. The maximum Gasteiger partial charge on any atom is 0.213 e. The molecule has 0 bridgehead atoms. The summed E-state index contributed by atoms with van der Waals surface area (Å²) in [6.07, 6.45) is 0. The van der Waals surface area contributed by atoms with Crippen LogP contribution in [0.25, 0.3) is 0 Å². The lowest BCUT2D eigenvalue weighted by atomic mass is 10.2. The first-order valence-electron chi connectivity index (χ1n) is 5.46. The van der Waals surface area contributed by atoms with Crippen LogP contribution >= 0.6 is 0 Å². The Morgan fingerprint density at radius 2 is 2.22 bits per heavy atom. The molecule has 2 rings (SSSR count). The summed E-state index contributed by atoms with van der Waals surface area (Å²) in [6.45, 7) is 3.98. The molecular weight excluding hydrogens is 233 g/mol. The molecule has 1 heterocycles. The first-order chi connectivity index (χ1) is 8.60. The molecule has 0 amide bonds. The topological polar surface area (TPSA) is 61.9 Å². The van der Waals surface area contributed by atoms with Gasteiger partial charge in [0.1, 0.15) is 11.6 Å². The third kappa shape index (κ3) is 2.48. The average molecular weight is 245 g/mol. The number of anilines is 1. The Bertz CT molecular complexity index is 594. The van der Waals surface area contributed by atoms with Crippen molar-refractivity contribution in [2.45, 2.75) is 20.4 Å². The molecule has 0 aliphatic heterocycles. The van der Waals surface area contributed by atoms with Gasteiger partial charge in [-0.2, -0.15) is 5.26 Å². The lowest BCUT2D eigenvalue weighted by Gasteiger charge is -2.05. The van der Waals surface area contributed by atoms with Crippen molar-refractivity contribution in [1.82, 2.24) is 4.98 Å². The van der Waals surface area contributed by atoms with E-state index in [9.17, 15) is 4.39 Å². The number of aromatic nitrogens is 1. The maximum absolute atomic E-state index is 13.6. The second-order valence-corrected chi connectivity index (χ2v) is 3.91. The highest BCUT2D eigenvalue weighted by molar-refractivity contribution is 5.48. The third-order valence-corrected chi connectivity index (χ3v) is 2.60. The van der Waals surface area contributed by atoms with Gasteiger partial charge in [-0.25, -0.2) is 9.37 Å². The van der Waals surface area contributed by atoms with Crippen molar-refractivity contribution in [2.24, 2.45) is 0 Å². The number of nitrogens with one attached hydrogen (secondary N) is 1. The first kappa shape index (κ1) is 12.1. The van der Waals surface area contributed by atoms with Gasteiger partial charge in [0.05, 0.1) is 29.6 Å². The molecule has 1 N–H and O–H groups in total. The number of nitriles is 1. The van der Waals surface area contributed by atoms with Crippen molar-refractivity contribution in [3.63, 3.8) is 0 Å². The monoisotopic (exact) mass is 245 g/mol. The summed E-state index contributed by atoms with van der Waals surface area (Å²) < 4.78 is 18.9. The molecule has 0 atom stereocenters. The van der Waals surface area contributed by atoms with Gasteiger partial charge in [-0.05, 0) is 32.0 Å². The van der Waals surface area contributed by atoms with E-state index in [1.165, 1.54) is 12.1 Å². The van der Waals surface area contributed by atoms with Gasteiger partial charge in [-0.15, -0.1) is 0 Å². The van der Waals surface area contributed by atoms with E-state index in [4.69, 9.17) is 9.68 Å². The number of benzene rings is 1. The van der Waals surface area contributed by atoms with Gasteiger partial charge in [0, 0.05) is 0 Å². The highest BCUT2D eigenvalue weighted by atomic mass is 19.1. The Hall–Kier alpha value is -2.35. The molecule has 1 aromatic carbocycles. The molecule has 0 saturated carbocycles. The van der Waals surface area contributed by atoms with Gasteiger partial charge in [0.2, 0.25) is 5.89 Å². The molecule has 1 aromatic heterocycles. The lowest BCUT2D eigenvalue weighted by Crippen LogP contribution is -2.02. The summed E-state index contributed by atoms with van der Waals surface area (Å²) in [4.78, 5) is 4.18. The molecule has 4 nitrogen and oxygen atoms in total. The van der Waals surface area contributed by atoms with Crippen LogP contribution in [-0.4, -0.2) is 4.98 Å². The second kappa shape index (κ2) is 4.88. The van der Waals surface area contributed by atoms with Crippen LogP contribution in [0, 0.1) is 31.0 Å². The Morgan fingerprint density at radius 3 is 2.78 bits per heavy atom. The molecule has 0 spiro atoms. The van der Waals surface area contributed by atoms with Crippen molar-refractivity contribution in [2.75, 3.05) is 5.32 Å². The zero-order valence-electron chi connectivity index (χ0n) is 10.1. The second-order valence-electron chi connectivity index (χ2n) is 3.91. The first-order valence-corrected chi connectivity index (χ1v) is 5.46. The number of halogens is 1. The highest BCUT2D eigenvalue weighted by Crippen LogP contribution is 2.17. The Labute approximate surface area is 104 Å². The largest absolute Gasteiger partial charge is 0.444 e. The fraction of sp³-hybridized carbons (Fsp3) is 0.231. The van der Waals surface area contributed by atoms with Crippen molar-refractivity contribution in [3.8, 4) is 6.07 Å². The van der Waals surface area contributed by atoms with Gasteiger partial charge in [0.15, 0.2) is 0 Å². The third-order valence-electron chi connectivity index (χ3n) is 2.60. The zero-order chi connectivity index (χ0) is 13.1. The molecule has 0 saturated heterocycles. The summed E-state index contributed by atoms with van der Waals surface area (Å²) in [6, 6.07) is 6.15. The average Bonchev–Trinajstić information content (AvgIpc) is 2.67. The Morgan fingerprint density at radius 1 is 1.44 bits per heavy atom. The van der Waals surface area contributed by atoms with E-state index in [1.54, 1.807) is 6.07 Å². The van der Waals surface area contributed by atoms with Crippen molar-refractivity contribution < 1.29 is 8.81 Å². The minimum atomic E-state index is -0.464. The SMILES string of the molecule is Cc1nc(CNc2ccc(C#N)cc2F)oc1C. The molecule has 92 valence electrons. The number of aryl methyl sites for hydroxylation is 2. The van der Waals surface area contributed by atoms with Crippen LogP contribution < -0.4 is 5.32 Å². The number of hydrogen-bond acceptors (Lipinski definition) is 4. The van der Waals surface area contributed by atoms with Gasteiger partial charge in [0.25, 0.3) is 0 Å². The summed E-state index contributed by atoms with van der Waals surface area (Å²) in [5, 5.41) is 11.5. The van der Waals surface area contributed by atoms with Crippen molar-refractivity contribution in [3.05, 3.63) is 46.9 Å². The molecule has 0 aliphatic rings. The minimum absolute atomic E-state index is 0.292. The number of nitrogens with zero attached hydrogens (tertiary/aromatic N) is 2. The number of rotatable bonds is 3. The molecule has 2 aromatic rings. The van der Waals surface area contributed by atoms with Gasteiger partial charge in [-0.1, -0.05) is 0 Å². The molecule has 0 radical (unpaired) electrons. The van der Waals surface area contributed by atoms with Crippen LogP contribution in [0.4, 0.5) is 10.1 Å². The fourth-order valence-electron chi connectivity index (χ4n) is 1.51. The molecule has 0 aliphatic carbocycles. The van der Waals surface area contributed by atoms with E-state index < -0.39 is 5.82 Å². The van der Waals surface area contributed by atoms with E-state index in [-0.39, 0.29) is 0 Å². The summed E-state index contributed by atoms with van der Waals surface area (Å²) >= 11 is 0. The molecular formula is C13H12FN3O. The standard InChI is InChI=1S/C13H12FN3O/c1-8-9(2)18-13(17-8)7-16-12-4-3-10(6-15)5-11(12)14/h3-5,16H,7H2,1-2H3. The van der Waals surface area contributed by atoms with E-state index in [2.05, 4.69) is 10.3 Å². The van der Waals surface area contributed by atoms with E-state index in [0.717, 1.165) is 11.5 Å². The van der Waals surface area contributed by atoms with Crippen LogP contribution in [0.2, 0.25) is 0 Å². The Kier molecular flexibility index (Phi) is 3.28. The maximum atomic E-state index is 13.6. The van der Waals surface area contributed by atoms with Gasteiger partial charge < -0.3 is 9.73 Å². The van der Waals surface area contributed by atoms with E-state index >= 15 is 0 Å². The predicted molar refractivity (Wildman–Crippen MR) is 64.4 cm³/mol. The molecule has 5 heteroatoms. The molecule has 0 unspecified atom stereocenters. The van der Waals surface area contributed by atoms with E-state index in [0.29, 0.717) is 23.7 Å². The smallest absolute Gasteiger partial charge is 0.213 e. The quantitative estimate of drug-likeness (QED) is 0.903. The van der Waals surface area contributed by atoms with Gasteiger partial charge in [-0.3, -0.25) is 0 Å².